The molecule has 1 fully saturated rings. The molecule has 0 radical (unpaired) electrons. The van der Waals surface area contributed by atoms with E-state index in [-0.39, 0.29) is 6.10 Å². The summed E-state index contributed by atoms with van der Waals surface area (Å²) in [6.45, 7) is 9.75. The Kier molecular flexibility index (Phi) is 3.74. The Labute approximate surface area is 81.9 Å². The third kappa shape index (κ3) is 2.44. The Morgan fingerprint density at radius 1 is 1.31 bits per heavy atom. The van der Waals surface area contributed by atoms with Gasteiger partial charge in [0.25, 0.3) is 0 Å². The summed E-state index contributed by atoms with van der Waals surface area (Å²) in [6.07, 6.45) is 2.40. The SMILES string of the molecule is CC(O)C(C)N1CCCC(C)C1C. The first-order valence-electron chi connectivity index (χ1n) is 5.48. The van der Waals surface area contributed by atoms with Crippen LogP contribution in [0.1, 0.15) is 40.5 Å². The average Bonchev–Trinajstić information content (AvgIpc) is 2.08. The number of aliphatic hydroxyl groups excluding tert-OH is 1. The molecule has 0 aromatic heterocycles. The summed E-state index contributed by atoms with van der Waals surface area (Å²) in [6, 6.07) is 0.927. The molecule has 0 aromatic carbocycles. The van der Waals surface area contributed by atoms with Crippen molar-refractivity contribution >= 4 is 0 Å². The summed E-state index contributed by atoms with van der Waals surface area (Å²) in [5.41, 5.74) is 0. The smallest absolute Gasteiger partial charge is 0.0664 e. The quantitative estimate of drug-likeness (QED) is 0.710. The van der Waals surface area contributed by atoms with Gasteiger partial charge in [0.05, 0.1) is 6.10 Å². The second-order valence-electron chi connectivity index (χ2n) is 4.58. The van der Waals surface area contributed by atoms with Gasteiger partial charge in [-0.3, -0.25) is 4.90 Å². The van der Waals surface area contributed by atoms with E-state index in [0.717, 1.165) is 12.5 Å². The molecule has 2 heteroatoms. The second-order valence-corrected chi connectivity index (χ2v) is 4.58. The Hall–Kier alpha value is -0.0800. The Balaban J connectivity index is 2.57. The first-order valence-corrected chi connectivity index (χ1v) is 5.48. The van der Waals surface area contributed by atoms with E-state index < -0.39 is 0 Å². The molecule has 0 aliphatic carbocycles. The van der Waals surface area contributed by atoms with Gasteiger partial charge in [-0.25, -0.2) is 0 Å². The van der Waals surface area contributed by atoms with E-state index in [9.17, 15) is 5.11 Å². The number of likely N-dealkylation sites (tertiary alicyclic amines) is 1. The van der Waals surface area contributed by atoms with Crippen molar-refractivity contribution in [1.82, 2.24) is 4.90 Å². The molecular formula is C11H23NO. The Morgan fingerprint density at radius 2 is 1.92 bits per heavy atom. The van der Waals surface area contributed by atoms with E-state index in [4.69, 9.17) is 0 Å². The summed E-state index contributed by atoms with van der Waals surface area (Å²) in [5.74, 6) is 0.773. The topological polar surface area (TPSA) is 23.5 Å². The van der Waals surface area contributed by atoms with Gasteiger partial charge in [-0.1, -0.05) is 6.92 Å². The fraction of sp³-hybridized carbons (Fsp3) is 1.00. The van der Waals surface area contributed by atoms with Crippen LogP contribution in [0.15, 0.2) is 0 Å². The molecule has 0 bridgehead atoms. The molecule has 1 aliphatic rings. The van der Waals surface area contributed by atoms with Gasteiger partial charge in [-0.2, -0.15) is 0 Å². The maximum absolute atomic E-state index is 9.54. The third-order valence-corrected chi connectivity index (χ3v) is 3.64. The molecule has 1 aliphatic heterocycles. The number of nitrogens with zero attached hydrogens (tertiary/aromatic N) is 1. The van der Waals surface area contributed by atoms with Crippen LogP contribution >= 0.6 is 0 Å². The maximum Gasteiger partial charge on any atom is 0.0664 e. The Bertz CT molecular complexity index is 154. The largest absolute Gasteiger partial charge is 0.392 e. The van der Waals surface area contributed by atoms with Gasteiger partial charge in [-0.05, 0) is 46.1 Å². The number of aliphatic hydroxyl groups is 1. The molecule has 1 N–H and O–H groups in total. The monoisotopic (exact) mass is 185 g/mol. The van der Waals surface area contributed by atoms with Crippen molar-refractivity contribution in [2.45, 2.75) is 58.7 Å². The van der Waals surface area contributed by atoms with E-state index in [1.165, 1.54) is 12.8 Å². The molecule has 4 atom stereocenters. The first kappa shape index (κ1) is 11.0. The average molecular weight is 185 g/mol. The lowest BCUT2D eigenvalue weighted by molar-refractivity contribution is 0.0115. The van der Waals surface area contributed by atoms with Crippen LogP contribution in [0.4, 0.5) is 0 Å². The summed E-state index contributed by atoms with van der Waals surface area (Å²) < 4.78 is 0. The van der Waals surface area contributed by atoms with Crippen molar-refractivity contribution in [2.24, 2.45) is 5.92 Å². The molecular weight excluding hydrogens is 162 g/mol. The standard InChI is InChI=1S/C11H23NO/c1-8-6-5-7-12(9(8)2)10(3)11(4)13/h8-11,13H,5-7H2,1-4H3. The molecule has 0 spiro atoms. The normalized spacial score (nSPS) is 35.8. The van der Waals surface area contributed by atoms with Crippen LogP contribution < -0.4 is 0 Å². The van der Waals surface area contributed by atoms with Crippen LogP contribution in [0.25, 0.3) is 0 Å². The minimum absolute atomic E-state index is 0.215. The van der Waals surface area contributed by atoms with E-state index in [0.29, 0.717) is 12.1 Å². The second kappa shape index (κ2) is 4.43. The van der Waals surface area contributed by atoms with Crippen LogP contribution in [-0.2, 0) is 0 Å². The van der Waals surface area contributed by atoms with E-state index in [1.54, 1.807) is 0 Å². The molecule has 1 heterocycles. The summed E-state index contributed by atoms with van der Waals surface area (Å²) in [7, 11) is 0. The lowest BCUT2D eigenvalue weighted by atomic mass is 9.90. The number of hydrogen-bond donors (Lipinski definition) is 1. The van der Waals surface area contributed by atoms with Gasteiger partial charge >= 0.3 is 0 Å². The fourth-order valence-corrected chi connectivity index (χ4v) is 2.22. The molecule has 13 heavy (non-hydrogen) atoms. The van der Waals surface area contributed by atoms with E-state index in [2.05, 4.69) is 25.7 Å². The Morgan fingerprint density at radius 3 is 2.46 bits per heavy atom. The minimum atomic E-state index is -0.215. The zero-order valence-corrected chi connectivity index (χ0v) is 9.33. The summed E-state index contributed by atoms with van der Waals surface area (Å²) in [5, 5.41) is 9.54. The highest BCUT2D eigenvalue weighted by Crippen LogP contribution is 2.25. The van der Waals surface area contributed by atoms with Crippen LogP contribution in [-0.4, -0.2) is 34.7 Å². The fourth-order valence-electron chi connectivity index (χ4n) is 2.22. The number of piperidine rings is 1. The van der Waals surface area contributed by atoms with Gasteiger partial charge in [0.1, 0.15) is 0 Å². The molecule has 1 rings (SSSR count). The van der Waals surface area contributed by atoms with Crippen molar-refractivity contribution in [2.75, 3.05) is 6.54 Å². The van der Waals surface area contributed by atoms with Crippen molar-refractivity contribution in [3.8, 4) is 0 Å². The highest BCUT2D eigenvalue weighted by molar-refractivity contribution is 4.83. The minimum Gasteiger partial charge on any atom is -0.392 e. The van der Waals surface area contributed by atoms with Crippen LogP contribution in [0, 0.1) is 5.92 Å². The highest BCUT2D eigenvalue weighted by atomic mass is 16.3. The van der Waals surface area contributed by atoms with Crippen LogP contribution in [0.3, 0.4) is 0 Å². The third-order valence-electron chi connectivity index (χ3n) is 3.64. The molecule has 0 amide bonds. The van der Waals surface area contributed by atoms with Gasteiger partial charge in [0.15, 0.2) is 0 Å². The maximum atomic E-state index is 9.54. The zero-order chi connectivity index (χ0) is 10.0. The van der Waals surface area contributed by atoms with E-state index >= 15 is 0 Å². The van der Waals surface area contributed by atoms with Crippen molar-refractivity contribution in [3.05, 3.63) is 0 Å². The van der Waals surface area contributed by atoms with E-state index in [1.807, 2.05) is 6.92 Å². The lowest BCUT2D eigenvalue weighted by Gasteiger charge is -2.42. The van der Waals surface area contributed by atoms with Gasteiger partial charge < -0.3 is 5.11 Å². The first-order chi connectivity index (χ1) is 6.04. The van der Waals surface area contributed by atoms with Gasteiger partial charge in [-0.15, -0.1) is 0 Å². The van der Waals surface area contributed by atoms with Crippen molar-refractivity contribution in [1.29, 1.82) is 0 Å². The predicted molar refractivity (Wildman–Crippen MR) is 55.7 cm³/mol. The number of rotatable bonds is 2. The summed E-state index contributed by atoms with van der Waals surface area (Å²) >= 11 is 0. The van der Waals surface area contributed by atoms with Crippen LogP contribution in [0.2, 0.25) is 0 Å². The molecule has 0 saturated carbocycles. The lowest BCUT2D eigenvalue weighted by Crippen LogP contribution is -2.50. The van der Waals surface area contributed by atoms with Crippen molar-refractivity contribution < 1.29 is 5.11 Å². The predicted octanol–water partition coefficient (Wildman–Crippen LogP) is 1.88. The van der Waals surface area contributed by atoms with Gasteiger partial charge in [0, 0.05) is 12.1 Å². The highest BCUT2D eigenvalue weighted by Gasteiger charge is 2.29. The van der Waals surface area contributed by atoms with Crippen molar-refractivity contribution in [3.63, 3.8) is 0 Å². The van der Waals surface area contributed by atoms with Gasteiger partial charge in [0.2, 0.25) is 0 Å². The molecule has 1 saturated heterocycles. The molecule has 78 valence electrons. The zero-order valence-electron chi connectivity index (χ0n) is 9.33. The molecule has 0 aromatic rings. The van der Waals surface area contributed by atoms with Crippen LogP contribution in [0.5, 0.6) is 0 Å². The molecule has 2 nitrogen and oxygen atoms in total. The summed E-state index contributed by atoms with van der Waals surface area (Å²) in [4.78, 5) is 2.44. The number of hydrogen-bond acceptors (Lipinski definition) is 2. The molecule has 4 unspecified atom stereocenters.